The molecule has 0 amide bonds. The van der Waals surface area contributed by atoms with Gasteiger partial charge in [0, 0.05) is 6.04 Å². The summed E-state index contributed by atoms with van der Waals surface area (Å²) < 4.78 is 0. The van der Waals surface area contributed by atoms with Crippen molar-refractivity contribution in [3.8, 4) is 0 Å². The fraction of sp³-hybridized carbons (Fsp3) is 0.889. The first-order valence-electron chi connectivity index (χ1n) is 4.52. The highest BCUT2D eigenvalue weighted by atomic mass is 16.4. The summed E-state index contributed by atoms with van der Waals surface area (Å²) in [6.07, 6.45) is 1.73. The molecule has 1 aliphatic rings. The monoisotopic (exact) mass is 171 g/mol. The van der Waals surface area contributed by atoms with Crippen molar-refractivity contribution in [3.63, 3.8) is 0 Å². The van der Waals surface area contributed by atoms with Gasteiger partial charge in [-0.3, -0.25) is 4.79 Å². The number of hydrogen-bond acceptors (Lipinski definition) is 2. The molecule has 3 heteroatoms. The van der Waals surface area contributed by atoms with Crippen LogP contribution in [0, 0.1) is 17.8 Å². The quantitative estimate of drug-likeness (QED) is 0.620. The van der Waals surface area contributed by atoms with Crippen molar-refractivity contribution in [1.29, 1.82) is 0 Å². The van der Waals surface area contributed by atoms with Gasteiger partial charge in [0.25, 0.3) is 0 Å². The number of aliphatic carboxylic acids is 1. The molecule has 0 aromatic carbocycles. The van der Waals surface area contributed by atoms with Crippen LogP contribution in [0.4, 0.5) is 0 Å². The third-order valence-corrected chi connectivity index (χ3v) is 3.22. The van der Waals surface area contributed by atoms with E-state index in [2.05, 4.69) is 6.92 Å². The Labute approximate surface area is 72.9 Å². The van der Waals surface area contributed by atoms with E-state index in [1.54, 1.807) is 0 Å². The van der Waals surface area contributed by atoms with Crippen LogP contribution in [-0.4, -0.2) is 17.1 Å². The molecular formula is C9H17NO2. The van der Waals surface area contributed by atoms with Gasteiger partial charge in [0.15, 0.2) is 0 Å². The van der Waals surface area contributed by atoms with Gasteiger partial charge in [-0.1, -0.05) is 13.8 Å². The first-order valence-corrected chi connectivity index (χ1v) is 4.52. The van der Waals surface area contributed by atoms with E-state index in [4.69, 9.17) is 10.8 Å². The molecule has 0 heterocycles. The average molecular weight is 171 g/mol. The highest BCUT2D eigenvalue weighted by molar-refractivity contribution is 5.71. The molecule has 70 valence electrons. The summed E-state index contributed by atoms with van der Waals surface area (Å²) in [5.74, 6) is -0.159. The molecule has 0 spiro atoms. The Balaban J connectivity index is 2.65. The SMILES string of the molecule is CC1CCC(C(=O)O)C(N)C1C. The molecule has 4 atom stereocenters. The summed E-state index contributed by atoms with van der Waals surface area (Å²) in [4.78, 5) is 10.7. The summed E-state index contributed by atoms with van der Waals surface area (Å²) in [6, 6.07) is -0.161. The molecule has 1 aliphatic carbocycles. The van der Waals surface area contributed by atoms with Crippen LogP contribution in [-0.2, 0) is 4.79 Å². The lowest BCUT2D eigenvalue weighted by Crippen LogP contribution is -2.46. The molecular weight excluding hydrogens is 154 g/mol. The Hall–Kier alpha value is -0.570. The Kier molecular flexibility index (Phi) is 2.73. The topological polar surface area (TPSA) is 63.3 Å². The van der Waals surface area contributed by atoms with Crippen molar-refractivity contribution in [2.45, 2.75) is 32.7 Å². The zero-order valence-electron chi connectivity index (χ0n) is 7.66. The van der Waals surface area contributed by atoms with Gasteiger partial charge < -0.3 is 10.8 Å². The maximum Gasteiger partial charge on any atom is 0.308 e. The molecule has 3 nitrogen and oxygen atoms in total. The van der Waals surface area contributed by atoms with Gasteiger partial charge in [0.1, 0.15) is 0 Å². The zero-order valence-corrected chi connectivity index (χ0v) is 7.66. The Morgan fingerprint density at radius 2 is 2.00 bits per heavy atom. The second-order valence-corrected chi connectivity index (χ2v) is 3.94. The maximum atomic E-state index is 10.7. The normalized spacial score (nSPS) is 42.6. The third-order valence-electron chi connectivity index (χ3n) is 3.22. The number of carbonyl (C=O) groups is 1. The van der Waals surface area contributed by atoms with Crippen molar-refractivity contribution >= 4 is 5.97 Å². The number of carboxylic acid groups (broad SMARTS) is 1. The predicted molar refractivity (Wildman–Crippen MR) is 46.7 cm³/mol. The van der Waals surface area contributed by atoms with Crippen LogP contribution in [0.25, 0.3) is 0 Å². The van der Waals surface area contributed by atoms with Gasteiger partial charge >= 0.3 is 5.97 Å². The average Bonchev–Trinajstić information content (AvgIpc) is 2.00. The van der Waals surface area contributed by atoms with E-state index in [9.17, 15) is 4.79 Å². The molecule has 0 aromatic rings. The van der Waals surface area contributed by atoms with Crippen LogP contribution >= 0.6 is 0 Å². The molecule has 1 saturated carbocycles. The van der Waals surface area contributed by atoms with E-state index >= 15 is 0 Å². The largest absolute Gasteiger partial charge is 0.481 e. The molecule has 1 rings (SSSR count). The second kappa shape index (κ2) is 3.44. The Morgan fingerprint density at radius 1 is 1.42 bits per heavy atom. The minimum atomic E-state index is -0.735. The minimum absolute atomic E-state index is 0.161. The summed E-state index contributed by atoms with van der Waals surface area (Å²) in [5, 5.41) is 8.83. The van der Waals surface area contributed by atoms with Crippen molar-refractivity contribution in [2.24, 2.45) is 23.5 Å². The van der Waals surface area contributed by atoms with E-state index in [0.29, 0.717) is 11.8 Å². The van der Waals surface area contributed by atoms with Gasteiger partial charge in [-0.2, -0.15) is 0 Å². The summed E-state index contributed by atoms with van der Waals surface area (Å²) in [7, 11) is 0. The summed E-state index contributed by atoms with van der Waals surface area (Å²) >= 11 is 0. The predicted octanol–water partition coefficient (Wildman–Crippen LogP) is 1.08. The lowest BCUT2D eigenvalue weighted by atomic mass is 9.72. The molecule has 1 fully saturated rings. The van der Waals surface area contributed by atoms with E-state index in [1.807, 2.05) is 6.92 Å². The standard InChI is InChI=1S/C9H17NO2/c1-5-3-4-7(9(11)12)8(10)6(5)2/h5-8H,3-4,10H2,1-2H3,(H,11,12). The lowest BCUT2D eigenvalue weighted by molar-refractivity contribution is -0.144. The van der Waals surface area contributed by atoms with E-state index in [-0.39, 0.29) is 12.0 Å². The Morgan fingerprint density at radius 3 is 2.50 bits per heavy atom. The minimum Gasteiger partial charge on any atom is -0.481 e. The Bertz CT molecular complexity index is 181. The van der Waals surface area contributed by atoms with Crippen molar-refractivity contribution in [1.82, 2.24) is 0 Å². The fourth-order valence-corrected chi connectivity index (χ4v) is 1.93. The smallest absolute Gasteiger partial charge is 0.308 e. The number of carboxylic acids is 1. The summed E-state index contributed by atoms with van der Waals surface area (Å²) in [6.45, 7) is 4.19. The third kappa shape index (κ3) is 1.61. The molecule has 0 saturated heterocycles. The molecule has 3 N–H and O–H groups in total. The molecule has 0 radical (unpaired) electrons. The van der Waals surface area contributed by atoms with Gasteiger partial charge in [-0.05, 0) is 24.7 Å². The van der Waals surface area contributed by atoms with Crippen LogP contribution in [0.3, 0.4) is 0 Å². The molecule has 12 heavy (non-hydrogen) atoms. The van der Waals surface area contributed by atoms with Crippen LogP contribution in [0.2, 0.25) is 0 Å². The first kappa shape index (κ1) is 9.52. The molecule has 4 unspecified atom stereocenters. The van der Waals surface area contributed by atoms with Crippen molar-refractivity contribution < 1.29 is 9.90 Å². The van der Waals surface area contributed by atoms with Gasteiger partial charge in [-0.15, -0.1) is 0 Å². The second-order valence-electron chi connectivity index (χ2n) is 3.94. The van der Waals surface area contributed by atoms with Gasteiger partial charge in [-0.25, -0.2) is 0 Å². The van der Waals surface area contributed by atoms with Crippen LogP contribution in [0.1, 0.15) is 26.7 Å². The highest BCUT2D eigenvalue weighted by Gasteiger charge is 2.36. The summed E-state index contributed by atoms with van der Waals surface area (Å²) in [5.41, 5.74) is 5.83. The number of rotatable bonds is 1. The highest BCUT2D eigenvalue weighted by Crippen LogP contribution is 2.32. The molecule has 0 bridgehead atoms. The van der Waals surface area contributed by atoms with Crippen LogP contribution < -0.4 is 5.73 Å². The van der Waals surface area contributed by atoms with Crippen molar-refractivity contribution in [2.75, 3.05) is 0 Å². The van der Waals surface area contributed by atoms with E-state index in [1.165, 1.54) is 0 Å². The fourth-order valence-electron chi connectivity index (χ4n) is 1.93. The van der Waals surface area contributed by atoms with Crippen LogP contribution in [0.15, 0.2) is 0 Å². The molecule has 0 aromatic heterocycles. The first-order chi connectivity index (χ1) is 5.54. The van der Waals surface area contributed by atoms with E-state index in [0.717, 1.165) is 12.8 Å². The van der Waals surface area contributed by atoms with E-state index < -0.39 is 5.97 Å². The number of nitrogens with two attached hydrogens (primary N) is 1. The van der Waals surface area contributed by atoms with Gasteiger partial charge in [0.2, 0.25) is 0 Å². The maximum absolute atomic E-state index is 10.7. The number of hydrogen-bond donors (Lipinski definition) is 2. The van der Waals surface area contributed by atoms with Crippen LogP contribution in [0.5, 0.6) is 0 Å². The molecule has 0 aliphatic heterocycles. The van der Waals surface area contributed by atoms with Gasteiger partial charge in [0.05, 0.1) is 5.92 Å². The van der Waals surface area contributed by atoms with Crippen molar-refractivity contribution in [3.05, 3.63) is 0 Å². The zero-order chi connectivity index (χ0) is 9.30. The lowest BCUT2D eigenvalue weighted by Gasteiger charge is -2.35.